The van der Waals surface area contributed by atoms with Crippen LogP contribution in [0.5, 0.6) is 5.75 Å². The molecule has 4 heteroatoms. The van der Waals surface area contributed by atoms with Crippen molar-refractivity contribution in [2.24, 2.45) is 5.92 Å². The van der Waals surface area contributed by atoms with Gasteiger partial charge >= 0.3 is 0 Å². The number of aromatic nitrogens is 1. The van der Waals surface area contributed by atoms with Crippen molar-refractivity contribution < 1.29 is 9.84 Å². The number of hydrogen-bond acceptors (Lipinski definition) is 4. The van der Waals surface area contributed by atoms with Crippen LogP contribution in [0.1, 0.15) is 44.5 Å². The van der Waals surface area contributed by atoms with Gasteiger partial charge in [0.25, 0.3) is 0 Å². The van der Waals surface area contributed by atoms with E-state index in [2.05, 4.69) is 24.1 Å². The van der Waals surface area contributed by atoms with Crippen LogP contribution in [-0.2, 0) is 6.61 Å². The van der Waals surface area contributed by atoms with Crippen molar-refractivity contribution in [1.29, 1.82) is 0 Å². The third kappa shape index (κ3) is 4.96. The zero-order valence-corrected chi connectivity index (χ0v) is 14.1. The molecule has 0 aliphatic heterocycles. The Balaban J connectivity index is 2.22. The Hall–Kier alpha value is -2.07. The molecule has 1 atom stereocenters. The summed E-state index contributed by atoms with van der Waals surface area (Å²) in [5.41, 5.74) is 2.79. The molecule has 0 saturated heterocycles. The van der Waals surface area contributed by atoms with Crippen molar-refractivity contribution in [3.8, 4) is 5.75 Å². The minimum absolute atomic E-state index is 0.0384. The predicted octanol–water partition coefficient (Wildman–Crippen LogP) is 4.17. The first-order valence-corrected chi connectivity index (χ1v) is 8.18. The van der Waals surface area contributed by atoms with Gasteiger partial charge in [0.15, 0.2) is 0 Å². The van der Waals surface area contributed by atoms with E-state index in [1.807, 2.05) is 49.5 Å². The van der Waals surface area contributed by atoms with E-state index < -0.39 is 0 Å². The van der Waals surface area contributed by atoms with Crippen LogP contribution in [0.3, 0.4) is 0 Å². The molecule has 0 spiro atoms. The first-order valence-electron chi connectivity index (χ1n) is 8.18. The fourth-order valence-corrected chi connectivity index (χ4v) is 2.60. The smallest absolute Gasteiger partial charge is 0.124 e. The summed E-state index contributed by atoms with van der Waals surface area (Å²) in [5, 5.41) is 13.1. The van der Waals surface area contributed by atoms with Gasteiger partial charge in [-0.2, -0.15) is 0 Å². The molecule has 2 aromatic rings. The number of hydrogen-bond donors (Lipinski definition) is 2. The summed E-state index contributed by atoms with van der Waals surface area (Å²) in [7, 11) is 0. The van der Waals surface area contributed by atoms with Crippen molar-refractivity contribution in [1.82, 2.24) is 4.98 Å². The fraction of sp³-hybridized carbons (Fsp3) is 0.421. The molecule has 0 fully saturated rings. The molecule has 1 aromatic heterocycles. The lowest BCUT2D eigenvalue weighted by molar-refractivity contribution is 0.267. The summed E-state index contributed by atoms with van der Waals surface area (Å²) >= 11 is 0. The number of rotatable bonds is 8. The van der Waals surface area contributed by atoms with Crippen molar-refractivity contribution >= 4 is 5.69 Å². The van der Waals surface area contributed by atoms with Gasteiger partial charge in [-0.15, -0.1) is 0 Å². The molecule has 124 valence electrons. The summed E-state index contributed by atoms with van der Waals surface area (Å²) in [4.78, 5) is 4.48. The molecule has 0 aliphatic carbocycles. The number of aliphatic hydroxyl groups excluding tert-OH is 1. The Bertz CT molecular complexity index is 600. The average Bonchev–Trinajstić information content (AvgIpc) is 2.56. The number of aliphatic hydroxyl groups is 1. The van der Waals surface area contributed by atoms with Crippen LogP contribution in [0.15, 0.2) is 42.6 Å². The molecular weight excluding hydrogens is 288 g/mol. The SMILES string of the molecule is CCOc1ccc(NC(CC(C)C)c2ccccn2)cc1CO. The fourth-order valence-electron chi connectivity index (χ4n) is 2.60. The molecule has 0 aliphatic rings. The van der Waals surface area contributed by atoms with Gasteiger partial charge in [-0.05, 0) is 49.6 Å². The van der Waals surface area contributed by atoms with E-state index in [0.717, 1.165) is 29.1 Å². The predicted molar refractivity (Wildman–Crippen MR) is 93.6 cm³/mol. The molecule has 0 saturated carbocycles. The van der Waals surface area contributed by atoms with Crippen LogP contribution in [-0.4, -0.2) is 16.7 Å². The van der Waals surface area contributed by atoms with Crippen molar-refractivity contribution in [2.45, 2.75) is 39.8 Å². The van der Waals surface area contributed by atoms with Gasteiger partial charge in [-0.3, -0.25) is 4.98 Å². The number of nitrogens with one attached hydrogen (secondary N) is 1. The Labute approximate surface area is 138 Å². The highest BCUT2D eigenvalue weighted by Gasteiger charge is 2.15. The summed E-state index contributed by atoms with van der Waals surface area (Å²) in [6, 6.07) is 12.0. The first-order chi connectivity index (χ1) is 11.1. The molecular formula is C19H26N2O2. The molecule has 1 unspecified atom stereocenters. The van der Waals surface area contributed by atoms with E-state index in [0.29, 0.717) is 12.5 Å². The second-order valence-electron chi connectivity index (χ2n) is 5.99. The van der Waals surface area contributed by atoms with Crippen molar-refractivity contribution in [2.75, 3.05) is 11.9 Å². The third-order valence-corrected chi connectivity index (χ3v) is 3.62. The minimum Gasteiger partial charge on any atom is -0.494 e. The topological polar surface area (TPSA) is 54.4 Å². The van der Waals surface area contributed by atoms with Crippen LogP contribution in [0.2, 0.25) is 0 Å². The van der Waals surface area contributed by atoms with Crippen LogP contribution < -0.4 is 10.1 Å². The molecule has 1 aromatic carbocycles. The Kier molecular flexibility index (Phi) is 6.41. The van der Waals surface area contributed by atoms with Gasteiger partial charge in [0.05, 0.1) is 24.9 Å². The molecule has 0 amide bonds. The summed E-state index contributed by atoms with van der Waals surface area (Å²) < 4.78 is 5.54. The highest BCUT2D eigenvalue weighted by atomic mass is 16.5. The lowest BCUT2D eigenvalue weighted by Crippen LogP contribution is -2.15. The molecule has 0 radical (unpaired) electrons. The van der Waals surface area contributed by atoms with E-state index in [-0.39, 0.29) is 12.6 Å². The normalized spacial score (nSPS) is 12.2. The number of anilines is 1. The van der Waals surface area contributed by atoms with Crippen LogP contribution >= 0.6 is 0 Å². The lowest BCUT2D eigenvalue weighted by Gasteiger charge is -2.22. The van der Waals surface area contributed by atoms with Gasteiger partial charge in [-0.1, -0.05) is 19.9 Å². The average molecular weight is 314 g/mol. The van der Waals surface area contributed by atoms with Crippen molar-refractivity contribution in [3.05, 3.63) is 53.9 Å². The molecule has 2 rings (SSSR count). The van der Waals surface area contributed by atoms with E-state index >= 15 is 0 Å². The maximum Gasteiger partial charge on any atom is 0.124 e. The Morgan fingerprint density at radius 3 is 2.65 bits per heavy atom. The molecule has 23 heavy (non-hydrogen) atoms. The van der Waals surface area contributed by atoms with Crippen LogP contribution in [0.4, 0.5) is 5.69 Å². The standard InChI is InChI=1S/C19H26N2O2/c1-4-23-19-9-8-16(12-15(19)13-22)21-18(11-14(2)3)17-7-5-6-10-20-17/h5-10,12,14,18,21-22H,4,11,13H2,1-3H3. The second-order valence-corrected chi connectivity index (χ2v) is 5.99. The lowest BCUT2D eigenvalue weighted by atomic mass is 10.00. The molecule has 4 nitrogen and oxygen atoms in total. The Morgan fingerprint density at radius 2 is 2.04 bits per heavy atom. The van der Waals surface area contributed by atoms with E-state index in [9.17, 15) is 5.11 Å². The van der Waals surface area contributed by atoms with Gasteiger partial charge in [0.1, 0.15) is 5.75 Å². The highest BCUT2D eigenvalue weighted by molar-refractivity contribution is 5.52. The summed E-state index contributed by atoms with van der Waals surface area (Å²) in [5.74, 6) is 1.29. The second kappa shape index (κ2) is 8.53. The third-order valence-electron chi connectivity index (χ3n) is 3.62. The van der Waals surface area contributed by atoms with Gasteiger partial charge in [0, 0.05) is 17.4 Å². The number of pyridine rings is 1. The van der Waals surface area contributed by atoms with Gasteiger partial charge in [0.2, 0.25) is 0 Å². The molecule has 0 bridgehead atoms. The maximum atomic E-state index is 9.55. The Morgan fingerprint density at radius 1 is 1.22 bits per heavy atom. The zero-order valence-electron chi connectivity index (χ0n) is 14.1. The van der Waals surface area contributed by atoms with Gasteiger partial charge < -0.3 is 15.2 Å². The highest BCUT2D eigenvalue weighted by Crippen LogP contribution is 2.28. The van der Waals surface area contributed by atoms with Crippen LogP contribution in [0.25, 0.3) is 0 Å². The number of benzene rings is 1. The molecule has 2 N–H and O–H groups in total. The number of ether oxygens (including phenoxy) is 1. The van der Waals surface area contributed by atoms with Crippen LogP contribution in [0, 0.1) is 5.92 Å². The largest absolute Gasteiger partial charge is 0.494 e. The van der Waals surface area contributed by atoms with Gasteiger partial charge in [-0.25, -0.2) is 0 Å². The van der Waals surface area contributed by atoms with E-state index in [4.69, 9.17) is 4.74 Å². The maximum absolute atomic E-state index is 9.55. The summed E-state index contributed by atoms with van der Waals surface area (Å²) in [6.45, 7) is 6.89. The quantitative estimate of drug-likeness (QED) is 0.768. The zero-order chi connectivity index (χ0) is 16.7. The first kappa shape index (κ1) is 17.3. The number of nitrogens with zero attached hydrogens (tertiary/aromatic N) is 1. The summed E-state index contributed by atoms with van der Waals surface area (Å²) in [6.07, 6.45) is 2.81. The molecule has 1 heterocycles. The van der Waals surface area contributed by atoms with Crippen molar-refractivity contribution in [3.63, 3.8) is 0 Å². The van der Waals surface area contributed by atoms with E-state index in [1.165, 1.54) is 0 Å². The monoisotopic (exact) mass is 314 g/mol. The minimum atomic E-state index is -0.0384. The van der Waals surface area contributed by atoms with E-state index in [1.54, 1.807) is 0 Å².